The van der Waals surface area contributed by atoms with Gasteiger partial charge >= 0.3 is 6.61 Å². The summed E-state index contributed by atoms with van der Waals surface area (Å²) in [4.78, 5) is 11.0. The molecule has 3 aromatic heterocycles. The molecule has 0 bridgehead atoms. The van der Waals surface area contributed by atoms with Gasteiger partial charge in [-0.1, -0.05) is 0 Å². The molecule has 3 heterocycles. The van der Waals surface area contributed by atoms with E-state index in [-0.39, 0.29) is 35.6 Å². The van der Waals surface area contributed by atoms with E-state index in [0.29, 0.717) is 0 Å². The number of nitrogens with one attached hydrogen (secondary N) is 2. The first kappa shape index (κ1) is 17.4. The number of aromatic amines is 1. The van der Waals surface area contributed by atoms with E-state index in [1.165, 1.54) is 24.5 Å². The quantitative estimate of drug-likeness (QED) is 0.487. The van der Waals surface area contributed by atoms with Crippen molar-refractivity contribution in [2.75, 3.05) is 5.32 Å². The summed E-state index contributed by atoms with van der Waals surface area (Å²) in [7, 11) is 0. The Balaban J connectivity index is 1.63. The Kier molecular flexibility index (Phi) is 5.10. The zero-order valence-electron chi connectivity index (χ0n) is 12.8. The molecule has 0 fully saturated rings. The van der Waals surface area contributed by atoms with Crippen LogP contribution < -0.4 is 14.8 Å². The van der Waals surface area contributed by atoms with Gasteiger partial charge in [-0.05, 0) is 12.1 Å². The monoisotopic (exact) mass is 370 g/mol. The van der Waals surface area contributed by atoms with Crippen molar-refractivity contribution in [3.63, 3.8) is 0 Å². The van der Waals surface area contributed by atoms with Gasteiger partial charge in [-0.3, -0.25) is 10.1 Å². The maximum atomic E-state index is 13.5. The minimum Gasteiger partial charge on any atom is -0.471 e. The number of hydrogen-bond donors (Lipinski definition) is 2. The van der Waals surface area contributed by atoms with Crippen LogP contribution in [0.2, 0.25) is 0 Å². The molecule has 0 aliphatic heterocycles. The second-order valence-corrected chi connectivity index (χ2v) is 4.74. The average Bonchev–Trinajstić information content (AvgIpc) is 3.00. The maximum absolute atomic E-state index is 13.5. The molecule has 26 heavy (non-hydrogen) atoms. The molecule has 0 aliphatic rings. The lowest BCUT2D eigenvalue weighted by Gasteiger charge is -2.07. The largest absolute Gasteiger partial charge is 0.471 e. The van der Waals surface area contributed by atoms with E-state index >= 15 is 0 Å². The third-order valence-corrected chi connectivity index (χ3v) is 2.91. The zero-order valence-corrected chi connectivity index (χ0v) is 12.8. The number of rotatable bonds is 7. The molecule has 0 aromatic carbocycles. The lowest BCUT2D eigenvalue weighted by Crippen LogP contribution is -2.04. The topological polar surface area (TPSA) is 97.8 Å². The van der Waals surface area contributed by atoms with Gasteiger partial charge in [-0.25, -0.2) is 0 Å². The summed E-state index contributed by atoms with van der Waals surface area (Å²) in [5, 5.41) is 8.67. The molecule has 0 radical (unpaired) electrons. The van der Waals surface area contributed by atoms with Crippen molar-refractivity contribution < 1.29 is 27.0 Å². The first-order valence-electron chi connectivity index (χ1n) is 7.02. The number of anilines is 2. The Morgan fingerprint density at radius 2 is 1.96 bits per heavy atom. The van der Waals surface area contributed by atoms with Crippen molar-refractivity contribution in [1.82, 2.24) is 25.1 Å². The number of H-pyrrole nitrogens is 1. The van der Waals surface area contributed by atoms with Crippen LogP contribution in [0.1, 0.15) is 5.56 Å². The van der Waals surface area contributed by atoms with Gasteiger partial charge in [0.15, 0.2) is 5.82 Å². The van der Waals surface area contributed by atoms with E-state index in [9.17, 15) is 17.6 Å². The lowest BCUT2D eigenvalue weighted by atomic mass is 10.3. The van der Waals surface area contributed by atoms with Crippen molar-refractivity contribution in [2.24, 2.45) is 0 Å². The van der Waals surface area contributed by atoms with E-state index in [1.807, 2.05) is 0 Å². The van der Waals surface area contributed by atoms with Crippen LogP contribution in [-0.4, -0.2) is 31.8 Å². The van der Waals surface area contributed by atoms with E-state index in [0.717, 1.165) is 6.07 Å². The van der Waals surface area contributed by atoms with Gasteiger partial charge in [0.2, 0.25) is 23.7 Å². The normalized spacial score (nSPS) is 10.8. The molecule has 0 aliphatic carbocycles. The Bertz CT molecular complexity index is 891. The van der Waals surface area contributed by atoms with Gasteiger partial charge in [0.05, 0.1) is 12.4 Å². The third-order valence-electron chi connectivity index (χ3n) is 2.91. The Morgan fingerprint density at radius 3 is 2.73 bits per heavy atom. The molecular weight excluding hydrogens is 360 g/mol. The van der Waals surface area contributed by atoms with E-state index in [1.54, 1.807) is 0 Å². The summed E-state index contributed by atoms with van der Waals surface area (Å²) in [6.07, 6.45) is 2.61. The number of ether oxygens (including phenoxy) is 2. The van der Waals surface area contributed by atoms with E-state index < -0.39 is 18.5 Å². The van der Waals surface area contributed by atoms with Gasteiger partial charge in [0.1, 0.15) is 12.4 Å². The fraction of sp³-hybridized carbons (Fsp3) is 0.143. The average molecular weight is 370 g/mol. The van der Waals surface area contributed by atoms with Crippen LogP contribution in [0.15, 0.2) is 30.6 Å². The minimum absolute atomic E-state index is 0.0360. The summed E-state index contributed by atoms with van der Waals surface area (Å²) in [6, 6.07) is 3.39. The SMILES string of the molecule is Fc1ccc(COc2cncc(Nc3cc(OC(F)F)n[nH]3)n2)c(F)n1. The van der Waals surface area contributed by atoms with Crippen LogP contribution in [0.4, 0.5) is 29.2 Å². The summed E-state index contributed by atoms with van der Waals surface area (Å²) >= 11 is 0. The van der Waals surface area contributed by atoms with E-state index in [4.69, 9.17) is 4.74 Å². The molecule has 3 aromatic rings. The predicted molar refractivity (Wildman–Crippen MR) is 79.0 cm³/mol. The Morgan fingerprint density at radius 1 is 1.12 bits per heavy atom. The number of pyridine rings is 1. The fourth-order valence-electron chi connectivity index (χ4n) is 1.84. The zero-order chi connectivity index (χ0) is 18.5. The van der Waals surface area contributed by atoms with Crippen molar-refractivity contribution in [3.8, 4) is 11.8 Å². The molecule has 0 amide bonds. The fourth-order valence-corrected chi connectivity index (χ4v) is 1.84. The predicted octanol–water partition coefficient (Wildman–Crippen LogP) is 2.80. The van der Waals surface area contributed by atoms with E-state index in [2.05, 4.69) is 35.2 Å². The molecule has 0 saturated carbocycles. The molecule has 136 valence electrons. The highest BCUT2D eigenvalue weighted by atomic mass is 19.3. The smallest absolute Gasteiger partial charge is 0.388 e. The van der Waals surface area contributed by atoms with Crippen molar-refractivity contribution in [3.05, 3.63) is 48.1 Å². The van der Waals surface area contributed by atoms with Crippen LogP contribution in [0.25, 0.3) is 0 Å². The van der Waals surface area contributed by atoms with Gasteiger partial charge in [0, 0.05) is 11.6 Å². The highest BCUT2D eigenvalue weighted by Crippen LogP contribution is 2.19. The number of nitrogens with zero attached hydrogens (tertiary/aromatic N) is 4. The second kappa shape index (κ2) is 7.63. The first-order chi connectivity index (χ1) is 12.5. The summed E-state index contributed by atoms with van der Waals surface area (Å²) in [6.45, 7) is -3.24. The summed E-state index contributed by atoms with van der Waals surface area (Å²) in [5.74, 6) is -1.76. The third kappa shape index (κ3) is 4.55. The van der Waals surface area contributed by atoms with Crippen LogP contribution in [-0.2, 0) is 6.61 Å². The van der Waals surface area contributed by atoms with Crippen molar-refractivity contribution in [1.29, 1.82) is 0 Å². The number of halogens is 4. The van der Waals surface area contributed by atoms with Crippen LogP contribution in [0, 0.1) is 11.9 Å². The van der Waals surface area contributed by atoms with Gasteiger partial charge in [-0.15, -0.1) is 5.10 Å². The first-order valence-corrected chi connectivity index (χ1v) is 7.02. The van der Waals surface area contributed by atoms with Crippen molar-refractivity contribution >= 4 is 11.6 Å². The Labute approximate surface area is 143 Å². The summed E-state index contributed by atoms with van der Waals surface area (Å²) in [5.41, 5.74) is 0.0360. The standard InChI is InChI=1S/C14H10F4N6O2/c15-8-2-1-7(13(16)20-8)6-25-12-5-19-4-10(22-12)21-9-3-11(24-23-9)26-14(17)18/h1-5,14H,6H2,(H2,21,22,23,24). The molecule has 0 unspecified atom stereocenters. The van der Waals surface area contributed by atoms with Crippen LogP contribution in [0.3, 0.4) is 0 Å². The van der Waals surface area contributed by atoms with Crippen LogP contribution >= 0.6 is 0 Å². The van der Waals surface area contributed by atoms with Gasteiger partial charge in [-0.2, -0.15) is 27.5 Å². The van der Waals surface area contributed by atoms with Gasteiger partial charge in [0.25, 0.3) is 0 Å². The number of hydrogen-bond acceptors (Lipinski definition) is 7. The molecular formula is C14H10F4N6O2. The highest BCUT2D eigenvalue weighted by Gasteiger charge is 2.10. The Hall–Kier alpha value is -3.44. The molecule has 0 spiro atoms. The molecule has 0 atom stereocenters. The number of aromatic nitrogens is 5. The number of alkyl halides is 2. The molecule has 0 saturated heterocycles. The minimum atomic E-state index is -3.00. The molecule has 2 N–H and O–H groups in total. The second-order valence-electron chi connectivity index (χ2n) is 4.74. The van der Waals surface area contributed by atoms with Crippen LogP contribution in [0.5, 0.6) is 11.8 Å². The molecule has 8 nitrogen and oxygen atoms in total. The van der Waals surface area contributed by atoms with Crippen molar-refractivity contribution in [2.45, 2.75) is 13.2 Å². The highest BCUT2D eigenvalue weighted by molar-refractivity contribution is 5.51. The molecule has 3 rings (SSSR count). The summed E-state index contributed by atoms with van der Waals surface area (Å²) < 4.78 is 59.8. The maximum Gasteiger partial charge on any atom is 0.388 e. The lowest BCUT2D eigenvalue weighted by molar-refractivity contribution is -0.0528. The molecule has 12 heteroatoms. The van der Waals surface area contributed by atoms with Gasteiger partial charge < -0.3 is 14.8 Å².